The van der Waals surface area contributed by atoms with Crippen molar-refractivity contribution in [2.24, 2.45) is 0 Å². The molecule has 1 aromatic heterocycles. The Bertz CT molecular complexity index is 718. The van der Waals surface area contributed by atoms with Gasteiger partial charge in [0.25, 0.3) is 0 Å². The van der Waals surface area contributed by atoms with Crippen LogP contribution in [0.2, 0.25) is 5.28 Å². The fourth-order valence-corrected chi connectivity index (χ4v) is 4.90. The Hall–Kier alpha value is -1.24. The number of hydrogen-bond donors (Lipinski definition) is 0. The maximum atomic E-state index is 13.2. The number of halogens is 1. The molecule has 1 spiro atoms. The number of aromatic nitrogens is 2. The van der Waals surface area contributed by atoms with E-state index in [2.05, 4.69) is 9.97 Å². The maximum absolute atomic E-state index is 13.2. The zero-order chi connectivity index (χ0) is 17.7. The summed E-state index contributed by atoms with van der Waals surface area (Å²) in [4.78, 5) is 23.7. The predicted octanol–water partition coefficient (Wildman–Crippen LogP) is 3.36. The molecule has 1 saturated heterocycles. The van der Waals surface area contributed by atoms with Crippen molar-refractivity contribution in [3.63, 3.8) is 0 Å². The predicted molar refractivity (Wildman–Crippen MR) is 96.2 cm³/mol. The maximum Gasteiger partial charge on any atom is 0.239 e. The lowest BCUT2D eigenvalue weighted by Crippen LogP contribution is -2.45. The van der Waals surface area contributed by atoms with E-state index in [0.717, 1.165) is 75.8 Å². The van der Waals surface area contributed by atoms with Crippen molar-refractivity contribution < 1.29 is 14.3 Å². The molecule has 0 N–H and O–H groups in total. The van der Waals surface area contributed by atoms with Crippen LogP contribution in [0.15, 0.2) is 6.20 Å². The first-order valence-corrected chi connectivity index (χ1v) is 10.2. The van der Waals surface area contributed by atoms with Gasteiger partial charge in [-0.15, -0.1) is 0 Å². The van der Waals surface area contributed by atoms with Crippen LogP contribution in [-0.2, 0) is 19.7 Å². The van der Waals surface area contributed by atoms with Gasteiger partial charge in [-0.3, -0.25) is 9.69 Å². The standard InChI is InChI=1S/C19H24ClN3O3/c20-18-21-11-14-16(22-18)23(17(24)19(14)7-8-19)12-4-3-5-13(10-12)26-15-6-1-2-9-25-15/h11-13,15H,1-10H2/t12-,13-,15?/m1/s1. The highest BCUT2D eigenvalue weighted by Crippen LogP contribution is 2.57. The number of rotatable bonds is 3. The average molecular weight is 378 g/mol. The second-order valence-electron chi connectivity index (χ2n) is 8.01. The van der Waals surface area contributed by atoms with Crippen molar-refractivity contribution in [3.05, 3.63) is 17.0 Å². The Morgan fingerprint density at radius 3 is 2.88 bits per heavy atom. The fourth-order valence-electron chi connectivity index (χ4n) is 4.77. The Kier molecular flexibility index (Phi) is 4.18. The third kappa shape index (κ3) is 2.74. The Morgan fingerprint density at radius 2 is 2.12 bits per heavy atom. The van der Waals surface area contributed by atoms with Crippen LogP contribution in [0.5, 0.6) is 0 Å². The molecule has 3 fully saturated rings. The molecule has 3 heterocycles. The van der Waals surface area contributed by atoms with Crippen molar-refractivity contribution in [2.75, 3.05) is 11.5 Å². The van der Waals surface area contributed by atoms with E-state index in [-0.39, 0.29) is 35.0 Å². The van der Waals surface area contributed by atoms with Crippen molar-refractivity contribution in [3.8, 4) is 0 Å². The molecule has 2 saturated carbocycles. The summed E-state index contributed by atoms with van der Waals surface area (Å²) in [6, 6.07) is 0.120. The molecule has 2 aliphatic heterocycles. The molecule has 1 aromatic rings. The van der Waals surface area contributed by atoms with Gasteiger partial charge in [0.1, 0.15) is 5.82 Å². The lowest BCUT2D eigenvalue weighted by Gasteiger charge is -2.37. The number of hydrogen-bond acceptors (Lipinski definition) is 5. The summed E-state index contributed by atoms with van der Waals surface area (Å²) >= 11 is 6.04. The third-order valence-corrected chi connectivity index (χ3v) is 6.49. The van der Waals surface area contributed by atoms with Crippen LogP contribution >= 0.6 is 11.6 Å². The molecular weight excluding hydrogens is 354 g/mol. The Morgan fingerprint density at radius 1 is 1.23 bits per heavy atom. The van der Waals surface area contributed by atoms with E-state index < -0.39 is 0 Å². The monoisotopic (exact) mass is 377 g/mol. The van der Waals surface area contributed by atoms with Crippen molar-refractivity contribution >= 4 is 23.3 Å². The smallest absolute Gasteiger partial charge is 0.239 e. The van der Waals surface area contributed by atoms with E-state index >= 15 is 0 Å². The molecule has 1 amide bonds. The number of carbonyl (C=O) groups excluding carboxylic acids is 1. The SMILES string of the molecule is O=C1N([C@@H]2CCC[C@@H](OC3CCCCO3)C2)c2nc(Cl)ncc2C12CC2. The van der Waals surface area contributed by atoms with E-state index in [9.17, 15) is 4.79 Å². The van der Waals surface area contributed by atoms with Crippen LogP contribution in [0.3, 0.4) is 0 Å². The minimum absolute atomic E-state index is 0.0828. The van der Waals surface area contributed by atoms with E-state index in [1.807, 2.05) is 4.90 Å². The first-order valence-electron chi connectivity index (χ1n) is 9.81. The van der Waals surface area contributed by atoms with Crippen LogP contribution in [0.1, 0.15) is 63.4 Å². The minimum atomic E-state index is -0.375. The summed E-state index contributed by atoms with van der Waals surface area (Å²) in [5.41, 5.74) is 0.589. The van der Waals surface area contributed by atoms with Gasteiger partial charge in [-0.2, -0.15) is 4.98 Å². The number of nitrogens with zero attached hydrogens (tertiary/aromatic N) is 3. The molecule has 26 heavy (non-hydrogen) atoms. The lowest BCUT2D eigenvalue weighted by atomic mass is 9.91. The van der Waals surface area contributed by atoms with Gasteiger partial charge in [-0.1, -0.05) is 0 Å². The topological polar surface area (TPSA) is 64.6 Å². The van der Waals surface area contributed by atoms with Gasteiger partial charge < -0.3 is 9.47 Å². The number of anilines is 1. The molecule has 7 heteroatoms. The van der Waals surface area contributed by atoms with Crippen LogP contribution in [0.25, 0.3) is 0 Å². The molecule has 5 rings (SSSR count). The normalized spacial score (nSPS) is 32.7. The van der Waals surface area contributed by atoms with Crippen molar-refractivity contribution in [1.29, 1.82) is 0 Å². The second kappa shape index (κ2) is 6.43. The number of ether oxygens (including phenoxy) is 2. The number of fused-ring (bicyclic) bond motifs is 2. The average Bonchev–Trinajstić information content (AvgIpc) is 3.41. The third-order valence-electron chi connectivity index (χ3n) is 6.31. The zero-order valence-electron chi connectivity index (χ0n) is 14.8. The van der Waals surface area contributed by atoms with E-state index in [1.54, 1.807) is 6.20 Å². The van der Waals surface area contributed by atoms with Crippen molar-refractivity contribution in [1.82, 2.24) is 9.97 Å². The van der Waals surface area contributed by atoms with Gasteiger partial charge in [-0.25, -0.2) is 4.98 Å². The summed E-state index contributed by atoms with van der Waals surface area (Å²) in [5, 5.41) is 0.207. The summed E-state index contributed by atoms with van der Waals surface area (Å²) in [6.45, 7) is 0.788. The number of carbonyl (C=O) groups is 1. The summed E-state index contributed by atoms with van der Waals surface area (Å²) in [5.74, 6) is 0.913. The second-order valence-corrected chi connectivity index (χ2v) is 8.35. The van der Waals surface area contributed by atoms with Gasteiger partial charge >= 0.3 is 0 Å². The summed E-state index contributed by atoms with van der Waals surface area (Å²) in [6.07, 6.45) is 10.7. The molecule has 1 unspecified atom stereocenters. The Balaban J connectivity index is 1.36. The minimum Gasteiger partial charge on any atom is -0.353 e. The van der Waals surface area contributed by atoms with Gasteiger partial charge in [0.05, 0.1) is 11.5 Å². The molecule has 0 radical (unpaired) electrons. The molecule has 140 valence electrons. The van der Waals surface area contributed by atoms with Gasteiger partial charge in [-0.05, 0) is 69.4 Å². The van der Waals surface area contributed by atoms with Crippen molar-refractivity contribution in [2.45, 2.75) is 81.6 Å². The molecular formula is C19H24ClN3O3. The Labute approximate surface area is 158 Å². The van der Waals surface area contributed by atoms with E-state index in [0.29, 0.717) is 0 Å². The first kappa shape index (κ1) is 16.9. The molecule has 0 bridgehead atoms. The highest BCUT2D eigenvalue weighted by molar-refractivity contribution is 6.28. The summed E-state index contributed by atoms with van der Waals surface area (Å²) in [7, 11) is 0. The van der Waals surface area contributed by atoms with Gasteiger partial charge in [0, 0.05) is 24.4 Å². The van der Waals surface area contributed by atoms with E-state index in [4.69, 9.17) is 21.1 Å². The first-order chi connectivity index (χ1) is 12.7. The molecule has 2 aliphatic carbocycles. The van der Waals surface area contributed by atoms with Crippen LogP contribution < -0.4 is 4.90 Å². The number of amides is 1. The molecule has 3 atom stereocenters. The largest absolute Gasteiger partial charge is 0.353 e. The summed E-state index contributed by atoms with van der Waals surface area (Å²) < 4.78 is 12.0. The van der Waals surface area contributed by atoms with Crippen LogP contribution in [0.4, 0.5) is 5.82 Å². The molecule has 0 aromatic carbocycles. The van der Waals surface area contributed by atoms with Gasteiger partial charge in [0.2, 0.25) is 11.2 Å². The van der Waals surface area contributed by atoms with Crippen LogP contribution in [0, 0.1) is 0 Å². The molecule has 4 aliphatic rings. The lowest BCUT2D eigenvalue weighted by molar-refractivity contribution is -0.193. The highest BCUT2D eigenvalue weighted by Gasteiger charge is 2.61. The van der Waals surface area contributed by atoms with Gasteiger partial charge in [0.15, 0.2) is 6.29 Å². The molecule has 6 nitrogen and oxygen atoms in total. The van der Waals surface area contributed by atoms with E-state index in [1.165, 1.54) is 0 Å². The fraction of sp³-hybridized carbons (Fsp3) is 0.737. The highest BCUT2D eigenvalue weighted by atomic mass is 35.5. The zero-order valence-corrected chi connectivity index (χ0v) is 15.6. The van der Waals surface area contributed by atoms with Crippen LogP contribution in [-0.4, -0.2) is 40.9 Å². The quantitative estimate of drug-likeness (QED) is 0.756.